The lowest BCUT2D eigenvalue weighted by Crippen LogP contribution is -1.67. The Bertz CT molecular complexity index is 248. The Balaban J connectivity index is 2.95. The van der Waals surface area contributed by atoms with Crippen LogP contribution in [0.3, 0.4) is 0 Å². The number of hydrogen-bond acceptors (Lipinski definition) is 0. The third kappa shape index (κ3) is 1.26. The van der Waals surface area contributed by atoms with E-state index in [4.69, 9.17) is 0 Å². The quantitative estimate of drug-likeness (QED) is 0.615. The summed E-state index contributed by atoms with van der Waals surface area (Å²) in [5.74, 6) is -0.177. The van der Waals surface area contributed by atoms with Gasteiger partial charge in [0, 0.05) is 17.5 Å². The van der Waals surface area contributed by atoms with Crippen LogP contribution in [0.25, 0.3) is 5.83 Å². The number of halogens is 1. The van der Waals surface area contributed by atoms with Crippen LogP contribution in [0.4, 0.5) is 4.39 Å². The lowest BCUT2D eigenvalue weighted by atomic mass is 10.3. The molecule has 1 rings (SSSR count). The molecule has 0 aliphatic rings. The van der Waals surface area contributed by atoms with Gasteiger partial charge in [-0.15, -0.1) is 0 Å². The van der Waals surface area contributed by atoms with Crippen molar-refractivity contribution >= 4 is 5.83 Å². The van der Waals surface area contributed by atoms with E-state index >= 15 is 0 Å². The topological polar surface area (TPSA) is 15.8 Å². The molecule has 1 heterocycles. The molecule has 54 valence electrons. The van der Waals surface area contributed by atoms with E-state index in [1.54, 1.807) is 19.2 Å². The van der Waals surface area contributed by atoms with Crippen LogP contribution in [0.2, 0.25) is 0 Å². The highest BCUT2D eigenvalue weighted by molar-refractivity contribution is 5.58. The van der Waals surface area contributed by atoms with Crippen molar-refractivity contribution in [2.75, 3.05) is 0 Å². The van der Waals surface area contributed by atoms with Gasteiger partial charge in [0.1, 0.15) is 5.83 Å². The van der Waals surface area contributed by atoms with Gasteiger partial charge in [-0.2, -0.15) is 0 Å². The molecular weight excluding hydrogens is 129 g/mol. The molecule has 1 N–H and O–H groups in total. The number of nitrogens with one attached hydrogen (secondary N) is 1. The van der Waals surface area contributed by atoms with Crippen LogP contribution in [-0.2, 0) is 0 Å². The van der Waals surface area contributed by atoms with Crippen molar-refractivity contribution in [1.29, 1.82) is 0 Å². The van der Waals surface area contributed by atoms with Gasteiger partial charge in [-0.05, 0) is 19.9 Å². The van der Waals surface area contributed by atoms with E-state index in [1.807, 2.05) is 6.92 Å². The van der Waals surface area contributed by atoms with E-state index in [-0.39, 0.29) is 5.83 Å². The molecule has 0 aliphatic carbocycles. The Morgan fingerprint density at radius 3 is 2.80 bits per heavy atom. The molecule has 0 atom stereocenters. The summed E-state index contributed by atoms with van der Waals surface area (Å²) in [4.78, 5) is 2.90. The predicted molar refractivity (Wildman–Crippen MR) is 40.3 cm³/mol. The fourth-order valence-corrected chi connectivity index (χ4v) is 0.813. The molecule has 0 aromatic carbocycles. The zero-order valence-corrected chi connectivity index (χ0v) is 6.11. The SMILES string of the molecule is C/C=C(\F)c1c[nH]c(C)c1. The predicted octanol–water partition coefficient (Wildman–Crippen LogP) is 2.65. The summed E-state index contributed by atoms with van der Waals surface area (Å²) < 4.78 is 12.7. The number of rotatable bonds is 1. The first-order valence-corrected chi connectivity index (χ1v) is 3.21. The van der Waals surface area contributed by atoms with Gasteiger partial charge >= 0.3 is 0 Å². The van der Waals surface area contributed by atoms with Gasteiger partial charge in [0.2, 0.25) is 0 Å². The van der Waals surface area contributed by atoms with Crippen LogP contribution in [0.1, 0.15) is 18.2 Å². The highest BCUT2D eigenvalue weighted by Gasteiger charge is 1.98. The Morgan fingerprint density at radius 2 is 2.40 bits per heavy atom. The van der Waals surface area contributed by atoms with E-state index in [0.29, 0.717) is 5.56 Å². The molecule has 0 radical (unpaired) electrons. The van der Waals surface area contributed by atoms with Crippen LogP contribution < -0.4 is 0 Å². The Morgan fingerprint density at radius 1 is 1.70 bits per heavy atom. The van der Waals surface area contributed by atoms with Crippen LogP contribution in [0.15, 0.2) is 18.3 Å². The molecule has 1 aromatic rings. The van der Waals surface area contributed by atoms with Crippen LogP contribution in [0.5, 0.6) is 0 Å². The van der Waals surface area contributed by atoms with Crippen molar-refractivity contribution < 1.29 is 4.39 Å². The third-order valence-corrected chi connectivity index (χ3v) is 1.36. The molecule has 0 saturated carbocycles. The fraction of sp³-hybridized carbons (Fsp3) is 0.250. The highest BCUT2D eigenvalue weighted by atomic mass is 19.1. The molecule has 0 saturated heterocycles. The van der Waals surface area contributed by atoms with Gasteiger partial charge < -0.3 is 4.98 Å². The summed E-state index contributed by atoms with van der Waals surface area (Å²) in [6, 6.07) is 1.77. The maximum atomic E-state index is 12.7. The second-order valence-electron chi connectivity index (χ2n) is 2.21. The van der Waals surface area contributed by atoms with Crippen molar-refractivity contribution in [2.45, 2.75) is 13.8 Å². The average molecular weight is 139 g/mol. The molecule has 0 aliphatic heterocycles. The van der Waals surface area contributed by atoms with Crippen molar-refractivity contribution in [3.63, 3.8) is 0 Å². The fourth-order valence-electron chi connectivity index (χ4n) is 0.813. The summed E-state index contributed by atoms with van der Waals surface area (Å²) in [6.07, 6.45) is 3.10. The maximum absolute atomic E-state index is 12.7. The maximum Gasteiger partial charge on any atom is 0.127 e. The zero-order chi connectivity index (χ0) is 7.56. The first-order valence-electron chi connectivity index (χ1n) is 3.21. The van der Waals surface area contributed by atoms with E-state index < -0.39 is 0 Å². The first-order chi connectivity index (χ1) is 4.74. The third-order valence-electron chi connectivity index (χ3n) is 1.36. The molecule has 0 unspecified atom stereocenters. The van der Waals surface area contributed by atoms with Crippen molar-refractivity contribution in [3.05, 3.63) is 29.6 Å². The molecule has 2 heteroatoms. The second-order valence-corrected chi connectivity index (χ2v) is 2.21. The van der Waals surface area contributed by atoms with Crippen molar-refractivity contribution in [3.8, 4) is 0 Å². The second kappa shape index (κ2) is 2.69. The average Bonchev–Trinajstić information content (AvgIpc) is 2.34. The van der Waals surface area contributed by atoms with Gasteiger partial charge in [0.15, 0.2) is 0 Å². The Hall–Kier alpha value is -1.05. The van der Waals surface area contributed by atoms with Gasteiger partial charge in [-0.3, -0.25) is 0 Å². The van der Waals surface area contributed by atoms with E-state index in [1.165, 1.54) is 6.08 Å². The molecule has 1 aromatic heterocycles. The minimum Gasteiger partial charge on any atom is -0.365 e. The van der Waals surface area contributed by atoms with Gasteiger partial charge in [0.25, 0.3) is 0 Å². The van der Waals surface area contributed by atoms with E-state index in [2.05, 4.69) is 4.98 Å². The number of hydrogen-bond donors (Lipinski definition) is 1. The largest absolute Gasteiger partial charge is 0.365 e. The summed E-state index contributed by atoms with van der Waals surface area (Å²) in [5, 5.41) is 0. The molecule has 0 fully saturated rings. The number of H-pyrrole nitrogens is 1. The molecule has 1 nitrogen and oxygen atoms in total. The number of aromatic amines is 1. The molecule has 0 amide bonds. The highest BCUT2D eigenvalue weighted by Crippen LogP contribution is 2.15. The summed E-state index contributed by atoms with van der Waals surface area (Å²) in [7, 11) is 0. The van der Waals surface area contributed by atoms with Crippen LogP contribution in [0, 0.1) is 6.92 Å². The summed E-state index contributed by atoms with van der Waals surface area (Å²) in [6.45, 7) is 3.57. The summed E-state index contributed by atoms with van der Waals surface area (Å²) >= 11 is 0. The molecular formula is C8H10FN. The molecule has 0 bridgehead atoms. The number of aryl methyl sites for hydroxylation is 1. The van der Waals surface area contributed by atoms with Gasteiger partial charge in [-0.25, -0.2) is 4.39 Å². The number of aromatic nitrogens is 1. The van der Waals surface area contributed by atoms with Gasteiger partial charge in [0.05, 0.1) is 0 Å². The Kier molecular flexibility index (Phi) is 1.90. The van der Waals surface area contributed by atoms with E-state index in [9.17, 15) is 4.39 Å². The van der Waals surface area contributed by atoms with Crippen LogP contribution >= 0.6 is 0 Å². The minimum atomic E-state index is -0.177. The van der Waals surface area contributed by atoms with Gasteiger partial charge in [-0.1, -0.05) is 6.08 Å². The zero-order valence-electron chi connectivity index (χ0n) is 6.11. The van der Waals surface area contributed by atoms with E-state index in [0.717, 1.165) is 5.69 Å². The van der Waals surface area contributed by atoms with Crippen molar-refractivity contribution in [1.82, 2.24) is 4.98 Å². The van der Waals surface area contributed by atoms with Crippen molar-refractivity contribution in [2.24, 2.45) is 0 Å². The monoisotopic (exact) mass is 139 g/mol. The number of allylic oxidation sites excluding steroid dienone is 1. The molecule has 10 heavy (non-hydrogen) atoms. The normalized spacial score (nSPS) is 12.1. The summed E-state index contributed by atoms with van der Waals surface area (Å²) in [5.41, 5.74) is 1.60. The Labute approximate surface area is 59.6 Å². The molecule has 0 spiro atoms. The lowest BCUT2D eigenvalue weighted by Gasteiger charge is -1.86. The smallest absolute Gasteiger partial charge is 0.127 e. The first kappa shape index (κ1) is 7.06. The lowest BCUT2D eigenvalue weighted by molar-refractivity contribution is 0.758. The van der Waals surface area contributed by atoms with Crippen LogP contribution in [-0.4, -0.2) is 4.98 Å². The standard InChI is InChI=1S/C8H10FN/c1-3-8(9)7-4-6(2)10-5-7/h3-5,10H,1-2H3/b8-3-. The minimum absolute atomic E-state index is 0.177.